The Hall–Kier alpha value is -3.28. The number of nitrogens with zero attached hydrogens (tertiary/aromatic N) is 4. The van der Waals surface area contributed by atoms with Gasteiger partial charge in [0.1, 0.15) is 11.6 Å². The van der Waals surface area contributed by atoms with E-state index in [0.717, 1.165) is 58.5 Å². The Labute approximate surface area is 189 Å². The molecule has 0 radical (unpaired) electrons. The number of carbonyl (C=O) groups excluding carboxylic acids is 1. The number of rotatable bonds is 5. The average molecular weight is 431 g/mol. The van der Waals surface area contributed by atoms with E-state index >= 15 is 0 Å². The van der Waals surface area contributed by atoms with E-state index in [-0.39, 0.29) is 18.6 Å². The van der Waals surface area contributed by atoms with Crippen LogP contribution in [0.5, 0.6) is 5.75 Å². The standard InChI is InChI=1S/C26H30N4O2/c1-17-8-7-9-18(2)26(17)32-16-24(31)30-13-6-5-10-23(30)25-22(15-28-20(4)29-25)21-11-12-27-14-19(21)3/h7-9,11-12,14-15,23H,5-6,10,13,16H2,1-4H3/t23-/m0/s1. The first-order chi connectivity index (χ1) is 15.5. The van der Waals surface area contributed by atoms with Crippen molar-refractivity contribution in [1.82, 2.24) is 19.9 Å². The fourth-order valence-corrected chi connectivity index (χ4v) is 4.48. The van der Waals surface area contributed by atoms with Crippen LogP contribution in [-0.2, 0) is 4.79 Å². The fraction of sp³-hybridized carbons (Fsp3) is 0.385. The Kier molecular flexibility index (Phi) is 6.49. The maximum atomic E-state index is 13.3. The molecule has 1 saturated heterocycles. The fourth-order valence-electron chi connectivity index (χ4n) is 4.48. The van der Waals surface area contributed by atoms with Crippen molar-refractivity contribution < 1.29 is 9.53 Å². The molecule has 0 N–H and O–H groups in total. The molecular weight excluding hydrogens is 400 g/mol. The Balaban J connectivity index is 1.64. The number of para-hydroxylation sites is 1. The molecule has 1 aromatic carbocycles. The van der Waals surface area contributed by atoms with Crippen molar-refractivity contribution >= 4 is 5.91 Å². The van der Waals surface area contributed by atoms with Crippen LogP contribution in [0.15, 0.2) is 42.9 Å². The van der Waals surface area contributed by atoms with E-state index in [0.29, 0.717) is 12.4 Å². The molecule has 0 bridgehead atoms. The van der Waals surface area contributed by atoms with E-state index in [1.807, 2.05) is 69.3 Å². The smallest absolute Gasteiger partial charge is 0.261 e. The summed E-state index contributed by atoms with van der Waals surface area (Å²) in [5, 5.41) is 0. The first kappa shape index (κ1) is 21.9. The highest BCUT2D eigenvalue weighted by Crippen LogP contribution is 2.36. The molecule has 32 heavy (non-hydrogen) atoms. The van der Waals surface area contributed by atoms with Gasteiger partial charge in [0.05, 0.1) is 11.7 Å². The molecule has 0 spiro atoms. The Morgan fingerprint density at radius 1 is 1.03 bits per heavy atom. The second-order valence-corrected chi connectivity index (χ2v) is 8.52. The molecule has 1 atom stereocenters. The molecule has 2 aromatic heterocycles. The van der Waals surface area contributed by atoms with Gasteiger partial charge in [0.25, 0.3) is 5.91 Å². The van der Waals surface area contributed by atoms with Crippen LogP contribution < -0.4 is 4.74 Å². The van der Waals surface area contributed by atoms with Crippen molar-refractivity contribution in [2.24, 2.45) is 0 Å². The highest BCUT2D eigenvalue weighted by Gasteiger charge is 2.31. The van der Waals surface area contributed by atoms with Crippen LogP contribution in [0.4, 0.5) is 0 Å². The lowest BCUT2D eigenvalue weighted by molar-refractivity contribution is -0.137. The molecular formula is C26H30N4O2. The van der Waals surface area contributed by atoms with E-state index < -0.39 is 0 Å². The van der Waals surface area contributed by atoms with Crippen molar-refractivity contribution in [1.29, 1.82) is 0 Å². The largest absolute Gasteiger partial charge is 0.483 e. The number of hydrogen-bond acceptors (Lipinski definition) is 5. The minimum Gasteiger partial charge on any atom is -0.483 e. The van der Waals surface area contributed by atoms with Gasteiger partial charge in [0.15, 0.2) is 6.61 Å². The third-order valence-corrected chi connectivity index (χ3v) is 6.14. The first-order valence-electron chi connectivity index (χ1n) is 11.2. The predicted octanol–water partition coefficient (Wildman–Crippen LogP) is 4.90. The summed E-state index contributed by atoms with van der Waals surface area (Å²) in [6.45, 7) is 8.67. The van der Waals surface area contributed by atoms with Gasteiger partial charge >= 0.3 is 0 Å². The van der Waals surface area contributed by atoms with Gasteiger partial charge in [-0.15, -0.1) is 0 Å². The van der Waals surface area contributed by atoms with Gasteiger partial charge in [-0.3, -0.25) is 9.78 Å². The normalized spacial score (nSPS) is 16.1. The summed E-state index contributed by atoms with van der Waals surface area (Å²) in [5.41, 5.74) is 6.07. The van der Waals surface area contributed by atoms with Crippen LogP contribution >= 0.6 is 0 Å². The van der Waals surface area contributed by atoms with Crippen LogP contribution in [0.25, 0.3) is 11.1 Å². The van der Waals surface area contributed by atoms with E-state index in [1.54, 1.807) is 6.20 Å². The summed E-state index contributed by atoms with van der Waals surface area (Å²) in [6.07, 6.45) is 8.44. The van der Waals surface area contributed by atoms with Crippen LogP contribution in [-0.4, -0.2) is 38.9 Å². The third kappa shape index (κ3) is 4.49. The number of benzene rings is 1. The Morgan fingerprint density at radius 3 is 2.56 bits per heavy atom. The zero-order chi connectivity index (χ0) is 22.7. The topological polar surface area (TPSA) is 68.2 Å². The Morgan fingerprint density at radius 2 is 1.81 bits per heavy atom. The van der Waals surface area contributed by atoms with Gasteiger partial charge < -0.3 is 9.64 Å². The van der Waals surface area contributed by atoms with Crippen molar-refractivity contribution in [3.63, 3.8) is 0 Å². The van der Waals surface area contributed by atoms with Crippen molar-refractivity contribution in [3.8, 4) is 16.9 Å². The lowest BCUT2D eigenvalue weighted by atomic mass is 9.92. The number of likely N-dealkylation sites (tertiary alicyclic amines) is 1. The molecule has 1 amide bonds. The summed E-state index contributed by atoms with van der Waals surface area (Å²) in [5.74, 6) is 1.49. The highest BCUT2D eigenvalue weighted by atomic mass is 16.5. The van der Waals surface area contributed by atoms with Gasteiger partial charge in [0, 0.05) is 30.7 Å². The van der Waals surface area contributed by atoms with Crippen LogP contribution in [0, 0.1) is 27.7 Å². The quantitative estimate of drug-likeness (QED) is 0.576. The lowest BCUT2D eigenvalue weighted by Gasteiger charge is -2.36. The number of piperidine rings is 1. The van der Waals surface area contributed by atoms with Crippen LogP contribution in [0.3, 0.4) is 0 Å². The molecule has 166 valence electrons. The second kappa shape index (κ2) is 9.47. The number of hydrogen-bond donors (Lipinski definition) is 0. The molecule has 0 aliphatic carbocycles. The van der Waals surface area contributed by atoms with Gasteiger partial charge in [-0.05, 0) is 75.3 Å². The Bertz CT molecular complexity index is 1110. The van der Waals surface area contributed by atoms with E-state index in [2.05, 4.69) is 9.97 Å². The third-order valence-electron chi connectivity index (χ3n) is 6.14. The molecule has 1 aliphatic heterocycles. The molecule has 6 heteroatoms. The number of aromatic nitrogens is 3. The monoisotopic (exact) mass is 430 g/mol. The van der Waals surface area contributed by atoms with Crippen molar-refractivity contribution in [2.45, 2.75) is 53.0 Å². The summed E-state index contributed by atoms with van der Waals surface area (Å²) in [6, 6.07) is 7.90. The van der Waals surface area contributed by atoms with Gasteiger partial charge in [-0.1, -0.05) is 18.2 Å². The number of aryl methyl sites for hydroxylation is 4. The molecule has 0 saturated carbocycles. The van der Waals surface area contributed by atoms with Gasteiger partial charge in [-0.2, -0.15) is 0 Å². The number of amides is 1. The van der Waals surface area contributed by atoms with Gasteiger partial charge in [-0.25, -0.2) is 9.97 Å². The van der Waals surface area contributed by atoms with Gasteiger partial charge in [0.2, 0.25) is 0 Å². The summed E-state index contributed by atoms with van der Waals surface area (Å²) in [4.78, 5) is 28.8. The highest BCUT2D eigenvalue weighted by molar-refractivity contribution is 5.79. The van der Waals surface area contributed by atoms with Crippen molar-refractivity contribution in [3.05, 3.63) is 71.1 Å². The number of carbonyl (C=O) groups is 1. The minimum absolute atomic E-state index is 0.00832. The van der Waals surface area contributed by atoms with E-state index in [1.165, 1.54) is 0 Å². The summed E-state index contributed by atoms with van der Waals surface area (Å²) >= 11 is 0. The lowest BCUT2D eigenvalue weighted by Crippen LogP contribution is -2.41. The van der Waals surface area contributed by atoms with E-state index in [4.69, 9.17) is 9.72 Å². The van der Waals surface area contributed by atoms with Crippen LogP contribution in [0.2, 0.25) is 0 Å². The minimum atomic E-state index is -0.0953. The average Bonchev–Trinajstić information content (AvgIpc) is 2.79. The maximum absolute atomic E-state index is 13.3. The SMILES string of the molecule is Cc1ncc(-c2ccncc2C)c([C@@H]2CCCCN2C(=O)COc2c(C)cccc2C)n1. The molecule has 6 nitrogen and oxygen atoms in total. The summed E-state index contributed by atoms with van der Waals surface area (Å²) in [7, 11) is 0. The second-order valence-electron chi connectivity index (χ2n) is 8.52. The number of pyridine rings is 1. The predicted molar refractivity (Wildman–Crippen MR) is 124 cm³/mol. The molecule has 0 unspecified atom stereocenters. The zero-order valence-electron chi connectivity index (χ0n) is 19.3. The molecule has 3 aromatic rings. The molecule has 4 rings (SSSR count). The number of ether oxygens (including phenoxy) is 1. The van der Waals surface area contributed by atoms with E-state index in [9.17, 15) is 4.79 Å². The zero-order valence-corrected chi connectivity index (χ0v) is 19.3. The molecule has 1 aliphatic rings. The van der Waals surface area contributed by atoms with Crippen molar-refractivity contribution in [2.75, 3.05) is 13.2 Å². The maximum Gasteiger partial charge on any atom is 0.261 e. The molecule has 3 heterocycles. The summed E-state index contributed by atoms with van der Waals surface area (Å²) < 4.78 is 5.99. The molecule has 1 fully saturated rings. The van der Waals surface area contributed by atoms with Crippen LogP contribution in [0.1, 0.15) is 53.5 Å². The first-order valence-corrected chi connectivity index (χ1v) is 11.2.